The van der Waals surface area contributed by atoms with Gasteiger partial charge in [0.2, 0.25) is 0 Å². The number of benzene rings is 3. The molecule has 7 nitrogen and oxygen atoms in total. The number of carbonyl (C=O) groups is 1. The molecule has 0 saturated carbocycles. The van der Waals surface area contributed by atoms with E-state index in [1.807, 2.05) is 13.0 Å². The van der Waals surface area contributed by atoms with Crippen LogP contribution in [-0.2, 0) is 0 Å². The van der Waals surface area contributed by atoms with Crippen LogP contribution in [0.4, 0.5) is 5.69 Å². The van der Waals surface area contributed by atoms with Crippen molar-refractivity contribution in [2.24, 2.45) is 0 Å². The van der Waals surface area contributed by atoms with Gasteiger partial charge < -0.3 is 14.2 Å². The third-order valence-corrected chi connectivity index (χ3v) is 7.36. The third-order valence-electron chi connectivity index (χ3n) is 7.36. The van der Waals surface area contributed by atoms with Gasteiger partial charge in [0, 0.05) is 6.07 Å². The first-order chi connectivity index (χ1) is 21.4. The monoisotopic (exact) mass is 601 g/mol. The van der Waals surface area contributed by atoms with Crippen LogP contribution in [0.3, 0.4) is 0 Å². The molecule has 0 saturated heterocycles. The Kier molecular flexibility index (Phi) is 15.0. The summed E-state index contributed by atoms with van der Waals surface area (Å²) in [7, 11) is 0. The number of rotatable bonds is 20. The minimum absolute atomic E-state index is 0.0687. The van der Waals surface area contributed by atoms with Gasteiger partial charge >= 0.3 is 11.7 Å². The minimum atomic E-state index is -0.472. The molecule has 7 heteroatoms. The van der Waals surface area contributed by atoms with E-state index < -0.39 is 10.9 Å². The van der Waals surface area contributed by atoms with E-state index in [1.165, 1.54) is 25.3 Å². The molecule has 3 rings (SSSR count). The van der Waals surface area contributed by atoms with Crippen molar-refractivity contribution in [3.63, 3.8) is 0 Å². The lowest BCUT2D eigenvalue weighted by Crippen LogP contribution is -2.12. The van der Waals surface area contributed by atoms with E-state index >= 15 is 0 Å². The molecule has 0 bridgehead atoms. The number of esters is 1. The fourth-order valence-electron chi connectivity index (χ4n) is 4.75. The second kappa shape index (κ2) is 19.2. The lowest BCUT2D eigenvalue weighted by atomic mass is 10.0. The van der Waals surface area contributed by atoms with Gasteiger partial charge in [-0.05, 0) is 99.0 Å². The van der Waals surface area contributed by atoms with Crippen LogP contribution in [0.2, 0.25) is 0 Å². The van der Waals surface area contributed by atoms with Crippen LogP contribution in [-0.4, -0.2) is 23.6 Å². The first kappa shape index (κ1) is 34.4. The van der Waals surface area contributed by atoms with Crippen molar-refractivity contribution in [1.29, 1.82) is 0 Å². The highest BCUT2D eigenvalue weighted by Crippen LogP contribution is 2.34. The first-order valence-corrected chi connectivity index (χ1v) is 16.1. The standard InChI is InChI=1S/C37H47NO6/c1-4-6-8-10-11-12-13-15-27-42-33-22-19-31(20-23-33)37(39)44-34-24-17-30(18-25-34)32-21-26-36(35(28-32)38(40)41)43-29(3)16-14-9-7-5-2/h10-11,17-26,28-29H,4-9,12-16,27H2,1-3H3/b11-10+/t29-/m1/s1. The van der Waals surface area contributed by atoms with Crippen LogP contribution in [0.5, 0.6) is 17.2 Å². The molecule has 0 unspecified atom stereocenters. The van der Waals surface area contributed by atoms with E-state index in [4.69, 9.17) is 14.2 Å². The number of nitro groups is 1. The van der Waals surface area contributed by atoms with Crippen LogP contribution in [0.15, 0.2) is 78.9 Å². The second-order valence-electron chi connectivity index (χ2n) is 11.1. The molecule has 44 heavy (non-hydrogen) atoms. The number of ether oxygens (including phenoxy) is 3. The maximum absolute atomic E-state index is 12.7. The largest absolute Gasteiger partial charge is 0.494 e. The van der Waals surface area contributed by atoms with Crippen LogP contribution in [0.25, 0.3) is 11.1 Å². The number of nitro benzene ring substituents is 1. The summed E-state index contributed by atoms with van der Waals surface area (Å²) in [6.45, 7) is 6.95. The van der Waals surface area contributed by atoms with E-state index in [-0.39, 0.29) is 17.5 Å². The Morgan fingerprint density at radius 2 is 1.45 bits per heavy atom. The Hall–Kier alpha value is -4.13. The zero-order valence-electron chi connectivity index (χ0n) is 26.5. The van der Waals surface area contributed by atoms with E-state index in [0.717, 1.165) is 62.7 Å². The number of allylic oxidation sites excluding steroid dienone is 2. The van der Waals surface area contributed by atoms with Crippen molar-refractivity contribution in [1.82, 2.24) is 0 Å². The van der Waals surface area contributed by atoms with Gasteiger partial charge in [0.25, 0.3) is 0 Å². The molecule has 0 spiro atoms. The lowest BCUT2D eigenvalue weighted by Gasteiger charge is -2.15. The van der Waals surface area contributed by atoms with Gasteiger partial charge in [0.05, 0.1) is 23.2 Å². The zero-order chi connectivity index (χ0) is 31.6. The van der Waals surface area contributed by atoms with Crippen molar-refractivity contribution in [2.75, 3.05) is 6.61 Å². The highest BCUT2D eigenvalue weighted by Gasteiger charge is 2.19. The molecule has 0 amide bonds. The van der Waals surface area contributed by atoms with Crippen LogP contribution >= 0.6 is 0 Å². The van der Waals surface area contributed by atoms with Crippen LogP contribution in [0.1, 0.15) is 102 Å². The molecule has 3 aromatic carbocycles. The summed E-state index contributed by atoms with van der Waals surface area (Å²) in [4.78, 5) is 24.1. The summed E-state index contributed by atoms with van der Waals surface area (Å²) in [5.74, 6) is 0.903. The maximum Gasteiger partial charge on any atom is 0.343 e. The topological polar surface area (TPSA) is 87.9 Å². The summed E-state index contributed by atoms with van der Waals surface area (Å²) >= 11 is 0. The fourth-order valence-corrected chi connectivity index (χ4v) is 4.75. The normalized spacial score (nSPS) is 11.8. The van der Waals surface area contributed by atoms with Gasteiger partial charge in [-0.1, -0.05) is 76.3 Å². The number of hydrogen-bond donors (Lipinski definition) is 0. The summed E-state index contributed by atoms with van der Waals surface area (Å²) < 4.78 is 17.3. The molecule has 0 aromatic heterocycles. The Balaban J connectivity index is 1.50. The second-order valence-corrected chi connectivity index (χ2v) is 11.1. The molecular weight excluding hydrogens is 554 g/mol. The van der Waals surface area contributed by atoms with E-state index in [0.29, 0.717) is 23.5 Å². The Morgan fingerprint density at radius 1 is 0.795 bits per heavy atom. The molecule has 0 aliphatic rings. The Morgan fingerprint density at radius 3 is 2.14 bits per heavy atom. The summed E-state index contributed by atoms with van der Waals surface area (Å²) in [5.41, 5.74) is 1.79. The molecule has 0 N–H and O–H groups in total. The Labute approximate surface area is 262 Å². The predicted molar refractivity (Wildman–Crippen MR) is 177 cm³/mol. The number of unbranched alkanes of at least 4 members (excludes halogenated alkanes) is 7. The molecule has 0 radical (unpaired) electrons. The number of nitrogens with zero attached hydrogens (tertiary/aromatic N) is 1. The first-order valence-electron chi connectivity index (χ1n) is 16.1. The third kappa shape index (κ3) is 11.9. The molecule has 236 valence electrons. The van der Waals surface area contributed by atoms with Gasteiger partial charge in [-0.2, -0.15) is 0 Å². The molecule has 0 aliphatic carbocycles. The van der Waals surface area contributed by atoms with Gasteiger partial charge in [-0.25, -0.2) is 4.79 Å². The van der Waals surface area contributed by atoms with Crippen molar-refractivity contribution in [3.05, 3.63) is 94.6 Å². The Bertz CT molecular complexity index is 1320. The van der Waals surface area contributed by atoms with Gasteiger partial charge in [-0.15, -0.1) is 0 Å². The molecule has 0 aliphatic heterocycles. The summed E-state index contributed by atoms with van der Waals surface area (Å²) in [6.07, 6.45) is 16.5. The SMILES string of the molecule is CCCC/C=C/CCCCOc1ccc(C(=O)Oc2ccc(-c3ccc(O[C@H](C)CCCCCC)c([N+](=O)[O-])c3)cc2)cc1. The zero-order valence-corrected chi connectivity index (χ0v) is 26.5. The van der Waals surface area contributed by atoms with Gasteiger partial charge in [0.15, 0.2) is 5.75 Å². The van der Waals surface area contributed by atoms with Crippen molar-refractivity contribution in [3.8, 4) is 28.4 Å². The van der Waals surface area contributed by atoms with Crippen molar-refractivity contribution < 1.29 is 23.9 Å². The quantitative estimate of drug-likeness (QED) is 0.0320. The highest BCUT2D eigenvalue weighted by molar-refractivity contribution is 5.91. The molecular formula is C37H47NO6. The van der Waals surface area contributed by atoms with Gasteiger partial charge in [0.1, 0.15) is 11.5 Å². The smallest absolute Gasteiger partial charge is 0.343 e. The van der Waals surface area contributed by atoms with Crippen LogP contribution in [0, 0.1) is 10.1 Å². The molecule has 1 atom stereocenters. The molecule has 0 fully saturated rings. The van der Waals surface area contributed by atoms with E-state index in [9.17, 15) is 14.9 Å². The number of hydrogen-bond acceptors (Lipinski definition) is 6. The van der Waals surface area contributed by atoms with Crippen molar-refractivity contribution >= 4 is 11.7 Å². The van der Waals surface area contributed by atoms with Gasteiger partial charge in [-0.3, -0.25) is 10.1 Å². The summed E-state index contributed by atoms with van der Waals surface area (Å²) in [5, 5.41) is 11.8. The average Bonchev–Trinajstić information content (AvgIpc) is 3.03. The predicted octanol–water partition coefficient (Wildman–Crippen LogP) is 10.5. The van der Waals surface area contributed by atoms with E-state index in [2.05, 4.69) is 26.0 Å². The van der Waals surface area contributed by atoms with E-state index in [1.54, 1.807) is 54.6 Å². The molecule has 0 heterocycles. The molecule has 3 aromatic rings. The fraction of sp³-hybridized carbons (Fsp3) is 0.432. The minimum Gasteiger partial charge on any atom is -0.494 e. The maximum atomic E-state index is 12.7. The number of carbonyl (C=O) groups excluding carboxylic acids is 1. The van der Waals surface area contributed by atoms with Crippen molar-refractivity contribution in [2.45, 2.75) is 97.5 Å². The lowest BCUT2D eigenvalue weighted by molar-refractivity contribution is -0.386. The highest BCUT2D eigenvalue weighted by atomic mass is 16.6. The average molecular weight is 602 g/mol. The summed E-state index contributed by atoms with van der Waals surface area (Å²) in [6, 6.07) is 18.8. The van der Waals surface area contributed by atoms with Crippen LogP contribution < -0.4 is 14.2 Å².